The Hall–Kier alpha value is -5.11. The van der Waals surface area contributed by atoms with Crippen molar-refractivity contribution in [3.63, 3.8) is 0 Å². The number of aromatic nitrogens is 4. The Morgan fingerprint density at radius 2 is 1.69 bits per heavy atom. The molecule has 8 nitrogen and oxygen atoms in total. The highest BCUT2D eigenvalue weighted by molar-refractivity contribution is 6.17. The van der Waals surface area contributed by atoms with Crippen molar-refractivity contribution in [3.8, 4) is 17.2 Å². The number of rotatable bonds is 7. The van der Waals surface area contributed by atoms with Crippen LogP contribution in [0.25, 0.3) is 27.9 Å². The van der Waals surface area contributed by atoms with Crippen molar-refractivity contribution in [2.75, 3.05) is 20.0 Å². The Kier molecular flexibility index (Phi) is 5.99. The van der Waals surface area contributed by atoms with E-state index in [9.17, 15) is 4.79 Å². The van der Waals surface area contributed by atoms with Crippen LogP contribution >= 0.6 is 0 Å². The molecule has 3 aromatic carbocycles. The number of nitrogens with two attached hydrogens (primary N) is 1. The van der Waals surface area contributed by atoms with Crippen LogP contribution in [0, 0.1) is 6.92 Å². The molecular formula is C31H27N5O3. The van der Waals surface area contributed by atoms with Gasteiger partial charge in [-0.05, 0) is 77.7 Å². The van der Waals surface area contributed by atoms with Crippen molar-refractivity contribution in [1.29, 1.82) is 0 Å². The summed E-state index contributed by atoms with van der Waals surface area (Å²) in [6.45, 7) is 1.90. The molecule has 6 rings (SSSR count). The number of nitrogens with one attached hydrogen (secondary N) is 1. The number of H-pyrrole nitrogens is 1. The number of allylic oxidation sites excluding steroid dienone is 4. The molecule has 0 amide bonds. The SMILES string of the molecule is COc1cccc(C2=C(c3cccc(OC)c3)CC(C(=O)c3cnn(-c4ccc5nc(C)[nH]c5c4)c3N)=C2)c1. The third kappa shape index (κ3) is 4.35. The Morgan fingerprint density at radius 3 is 2.44 bits per heavy atom. The van der Waals surface area contributed by atoms with Crippen molar-refractivity contribution in [2.24, 2.45) is 0 Å². The van der Waals surface area contributed by atoms with Crippen molar-refractivity contribution in [1.82, 2.24) is 19.7 Å². The summed E-state index contributed by atoms with van der Waals surface area (Å²) in [6, 6.07) is 21.4. The van der Waals surface area contributed by atoms with E-state index in [0.717, 1.165) is 56.3 Å². The number of carbonyl (C=O) groups excluding carboxylic acids is 1. The van der Waals surface area contributed by atoms with Gasteiger partial charge in [0.15, 0.2) is 5.78 Å². The molecule has 1 aliphatic rings. The molecule has 5 aromatic rings. The van der Waals surface area contributed by atoms with Gasteiger partial charge in [0.25, 0.3) is 0 Å². The molecule has 0 bridgehead atoms. The van der Waals surface area contributed by atoms with E-state index in [4.69, 9.17) is 15.2 Å². The maximum atomic E-state index is 13.8. The summed E-state index contributed by atoms with van der Waals surface area (Å²) < 4.78 is 12.5. The highest BCUT2D eigenvalue weighted by atomic mass is 16.5. The molecule has 39 heavy (non-hydrogen) atoms. The average molecular weight is 518 g/mol. The molecule has 0 aliphatic heterocycles. The number of imidazole rings is 1. The second-order valence-electron chi connectivity index (χ2n) is 9.41. The van der Waals surface area contributed by atoms with E-state index in [1.54, 1.807) is 18.9 Å². The summed E-state index contributed by atoms with van der Waals surface area (Å²) in [5.74, 6) is 2.45. The van der Waals surface area contributed by atoms with Gasteiger partial charge in [-0.3, -0.25) is 4.79 Å². The number of carbonyl (C=O) groups is 1. The second kappa shape index (κ2) is 9.64. The molecule has 0 unspecified atom stereocenters. The highest BCUT2D eigenvalue weighted by Crippen LogP contribution is 2.41. The van der Waals surface area contributed by atoms with Gasteiger partial charge in [0.05, 0.1) is 42.7 Å². The highest BCUT2D eigenvalue weighted by Gasteiger charge is 2.27. The molecular weight excluding hydrogens is 490 g/mol. The van der Waals surface area contributed by atoms with Gasteiger partial charge in [-0.15, -0.1) is 0 Å². The molecule has 2 heterocycles. The van der Waals surface area contributed by atoms with E-state index < -0.39 is 0 Å². The van der Waals surface area contributed by atoms with Crippen LogP contribution in [0.15, 0.2) is 84.6 Å². The Morgan fingerprint density at radius 1 is 0.974 bits per heavy atom. The molecule has 0 saturated carbocycles. The molecule has 3 N–H and O–H groups in total. The third-order valence-electron chi connectivity index (χ3n) is 6.98. The number of Topliss-reactive ketones (excluding diaryl/α,β-unsaturated/α-hetero) is 1. The van der Waals surface area contributed by atoms with E-state index in [-0.39, 0.29) is 11.6 Å². The van der Waals surface area contributed by atoms with Gasteiger partial charge in [0, 0.05) is 12.0 Å². The smallest absolute Gasteiger partial charge is 0.194 e. The van der Waals surface area contributed by atoms with Crippen LogP contribution in [0.2, 0.25) is 0 Å². The summed E-state index contributed by atoms with van der Waals surface area (Å²) in [5.41, 5.74) is 13.9. The lowest BCUT2D eigenvalue weighted by atomic mass is 9.95. The standard InChI is InChI=1S/C31H27N5O3/c1-18-34-28-11-10-22(16-29(28)35-18)36-31(32)27(17-33-36)30(37)21-14-25(19-6-4-8-23(12-19)38-2)26(15-21)20-7-5-9-24(13-20)39-3/h4-14,16-17H,15,32H2,1-3H3,(H,34,35). The van der Waals surface area contributed by atoms with E-state index >= 15 is 0 Å². The topological polar surface area (TPSA) is 108 Å². The number of hydrogen-bond donors (Lipinski definition) is 2. The first-order valence-corrected chi connectivity index (χ1v) is 12.5. The first-order chi connectivity index (χ1) is 18.9. The Labute approximate surface area is 225 Å². The third-order valence-corrected chi connectivity index (χ3v) is 6.98. The van der Waals surface area contributed by atoms with Crippen molar-refractivity contribution >= 4 is 33.8 Å². The molecule has 0 atom stereocenters. The summed E-state index contributed by atoms with van der Waals surface area (Å²) in [4.78, 5) is 21.5. The summed E-state index contributed by atoms with van der Waals surface area (Å²) in [5, 5.41) is 4.45. The number of nitrogens with zero attached hydrogens (tertiary/aromatic N) is 3. The van der Waals surface area contributed by atoms with Crippen LogP contribution < -0.4 is 15.2 Å². The van der Waals surface area contributed by atoms with E-state index in [1.165, 1.54) is 6.20 Å². The zero-order valence-electron chi connectivity index (χ0n) is 21.9. The number of aryl methyl sites for hydroxylation is 1. The average Bonchev–Trinajstić information content (AvgIpc) is 3.68. The quantitative estimate of drug-likeness (QED) is 0.265. The van der Waals surface area contributed by atoms with Gasteiger partial charge < -0.3 is 20.2 Å². The number of benzene rings is 3. The minimum Gasteiger partial charge on any atom is -0.497 e. The predicted octanol–water partition coefficient (Wildman–Crippen LogP) is 5.78. The number of nitrogen functional groups attached to an aromatic ring is 1. The largest absolute Gasteiger partial charge is 0.497 e. The molecule has 194 valence electrons. The number of methoxy groups -OCH3 is 2. The number of hydrogen-bond acceptors (Lipinski definition) is 6. The van der Waals surface area contributed by atoms with Crippen molar-refractivity contribution in [2.45, 2.75) is 13.3 Å². The van der Waals surface area contributed by atoms with Crippen LogP contribution in [0.5, 0.6) is 11.5 Å². The summed E-state index contributed by atoms with van der Waals surface area (Å²) in [6.07, 6.45) is 3.93. The van der Waals surface area contributed by atoms with Gasteiger partial charge in [0.2, 0.25) is 0 Å². The normalized spacial score (nSPS) is 13.2. The lowest BCUT2D eigenvalue weighted by molar-refractivity contribution is 0.103. The van der Waals surface area contributed by atoms with Crippen LogP contribution in [0.3, 0.4) is 0 Å². The predicted molar refractivity (Wildman–Crippen MR) is 152 cm³/mol. The molecule has 1 aliphatic carbocycles. The van der Waals surface area contributed by atoms with Gasteiger partial charge in [-0.2, -0.15) is 5.10 Å². The van der Waals surface area contributed by atoms with E-state index in [0.29, 0.717) is 17.6 Å². The fraction of sp³-hybridized carbons (Fsp3) is 0.129. The second-order valence-corrected chi connectivity index (χ2v) is 9.41. The van der Waals surface area contributed by atoms with Crippen LogP contribution in [-0.4, -0.2) is 39.8 Å². The maximum Gasteiger partial charge on any atom is 0.194 e. The van der Waals surface area contributed by atoms with E-state index in [1.807, 2.05) is 79.7 Å². The summed E-state index contributed by atoms with van der Waals surface area (Å²) in [7, 11) is 3.28. The molecule has 0 fully saturated rings. The first kappa shape index (κ1) is 24.2. The minimum atomic E-state index is -0.157. The number of ketones is 1. The number of ether oxygens (including phenoxy) is 2. The zero-order chi connectivity index (χ0) is 27.1. The monoisotopic (exact) mass is 517 g/mol. The number of anilines is 1. The molecule has 0 spiro atoms. The lowest BCUT2D eigenvalue weighted by Gasteiger charge is -2.11. The van der Waals surface area contributed by atoms with Crippen LogP contribution in [0.4, 0.5) is 5.82 Å². The van der Waals surface area contributed by atoms with Gasteiger partial charge in [-0.25, -0.2) is 9.67 Å². The zero-order valence-corrected chi connectivity index (χ0v) is 21.9. The van der Waals surface area contributed by atoms with Crippen LogP contribution in [0.1, 0.15) is 33.7 Å². The molecule has 0 radical (unpaired) electrons. The first-order valence-electron chi connectivity index (χ1n) is 12.5. The number of aromatic amines is 1. The minimum absolute atomic E-state index is 0.157. The van der Waals surface area contributed by atoms with E-state index in [2.05, 4.69) is 15.1 Å². The van der Waals surface area contributed by atoms with Crippen molar-refractivity contribution < 1.29 is 14.3 Å². The fourth-order valence-electron chi connectivity index (χ4n) is 5.03. The molecule has 2 aromatic heterocycles. The summed E-state index contributed by atoms with van der Waals surface area (Å²) >= 11 is 0. The lowest BCUT2D eigenvalue weighted by Crippen LogP contribution is -2.08. The van der Waals surface area contributed by atoms with Gasteiger partial charge in [-0.1, -0.05) is 24.3 Å². The molecule has 0 saturated heterocycles. The molecule has 8 heteroatoms. The Bertz CT molecular complexity index is 1810. The van der Waals surface area contributed by atoms with Gasteiger partial charge >= 0.3 is 0 Å². The van der Waals surface area contributed by atoms with Gasteiger partial charge in [0.1, 0.15) is 23.1 Å². The van der Waals surface area contributed by atoms with Crippen molar-refractivity contribution in [3.05, 3.63) is 107 Å². The number of fused-ring (bicyclic) bond motifs is 1. The maximum absolute atomic E-state index is 13.8. The fourth-order valence-corrected chi connectivity index (χ4v) is 5.03. The van der Waals surface area contributed by atoms with Crippen LogP contribution in [-0.2, 0) is 0 Å². The Balaban J connectivity index is 1.38.